The summed E-state index contributed by atoms with van der Waals surface area (Å²) in [4.78, 5) is 11.8. The lowest BCUT2D eigenvalue weighted by molar-refractivity contribution is -0.156. The van der Waals surface area contributed by atoms with Crippen molar-refractivity contribution in [2.24, 2.45) is 5.92 Å². The van der Waals surface area contributed by atoms with Crippen molar-refractivity contribution in [3.05, 3.63) is 0 Å². The second-order valence-corrected chi connectivity index (χ2v) is 4.70. The molecule has 0 aromatic rings. The average Bonchev–Trinajstić information content (AvgIpc) is 2.43. The molecule has 0 rings (SSSR count). The Balaban J connectivity index is 3.91. The summed E-state index contributed by atoms with van der Waals surface area (Å²) < 4.78 is 14.6. The number of nitriles is 2. The van der Waals surface area contributed by atoms with Crippen LogP contribution in [-0.4, -0.2) is 24.8 Å². The molecule has 112 valence electrons. The van der Waals surface area contributed by atoms with Gasteiger partial charge >= 0.3 is 5.97 Å². The van der Waals surface area contributed by atoms with Crippen molar-refractivity contribution < 1.29 is 19.0 Å². The van der Waals surface area contributed by atoms with Crippen LogP contribution in [0.4, 0.5) is 0 Å². The van der Waals surface area contributed by atoms with Gasteiger partial charge in [-0.1, -0.05) is 13.8 Å². The minimum absolute atomic E-state index is 0.0637. The van der Waals surface area contributed by atoms with E-state index in [1.807, 2.05) is 20.8 Å². The smallest absolute Gasteiger partial charge is 0.348 e. The molecule has 6 heteroatoms. The summed E-state index contributed by atoms with van der Waals surface area (Å²) in [6.45, 7) is 5.85. The number of nitrogens with zero attached hydrogens (tertiary/aromatic N) is 2. The molecule has 0 fully saturated rings. The van der Waals surface area contributed by atoms with Gasteiger partial charge in [-0.05, 0) is 32.6 Å². The maximum atomic E-state index is 11.8. The molecule has 0 aliphatic rings. The first kappa shape index (κ1) is 18.0. The lowest BCUT2D eigenvalue weighted by Crippen LogP contribution is -2.31. The molecule has 0 bridgehead atoms. The Labute approximate surface area is 120 Å². The highest BCUT2D eigenvalue weighted by Gasteiger charge is 2.27. The monoisotopic (exact) mass is 282 g/mol. The van der Waals surface area contributed by atoms with Crippen molar-refractivity contribution in [1.29, 1.82) is 10.5 Å². The third-order valence-corrected chi connectivity index (χ3v) is 3.08. The third kappa shape index (κ3) is 7.48. The van der Waals surface area contributed by atoms with Gasteiger partial charge in [-0.3, -0.25) is 0 Å². The largest absolute Gasteiger partial charge is 0.463 e. The van der Waals surface area contributed by atoms with Crippen LogP contribution in [0.2, 0.25) is 0 Å². The molecule has 20 heavy (non-hydrogen) atoms. The summed E-state index contributed by atoms with van der Waals surface area (Å²) in [5.74, 6) is -0.562. The Kier molecular flexibility index (Phi) is 9.86. The number of esters is 1. The number of carbonyl (C=O) groups is 1. The molecule has 0 aromatic carbocycles. The maximum Gasteiger partial charge on any atom is 0.348 e. The van der Waals surface area contributed by atoms with Gasteiger partial charge in [0.2, 0.25) is 6.10 Å². The molecule has 0 spiro atoms. The predicted molar refractivity (Wildman–Crippen MR) is 70.9 cm³/mol. The lowest BCUT2D eigenvalue weighted by Gasteiger charge is -2.18. The first-order valence-corrected chi connectivity index (χ1v) is 6.82. The Morgan fingerprint density at radius 1 is 1.15 bits per heavy atom. The molecule has 0 aliphatic carbocycles. The van der Waals surface area contributed by atoms with Gasteiger partial charge in [-0.2, -0.15) is 10.5 Å². The van der Waals surface area contributed by atoms with Crippen molar-refractivity contribution in [1.82, 2.24) is 0 Å². The molecule has 0 saturated heterocycles. The van der Waals surface area contributed by atoms with Gasteiger partial charge in [0.15, 0.2) is 0 Å². The first-order chi connectivity index (χ1) is 9.56. The van der Waals surface area contributed by atoms with Gasteiger partial charge in [0.25, 0.3) is 12.5 Å². The fraction of sp³-hybridized carbons (Fsp3) is 0.786. The van der Waals surface area contributed by atoms with Gasteiger partial charge in [0, 0.05) is 5.92 Å². The van der Waals surface area contributed by atoms with Crippen LogP contribution in [0.3, 0.4) is 0 Å². The summed E-state index contributed by atoms with van der Waals surface area (Å²) in [7, 11) is 0. The summed E-state index contributed by atoms with van der Waals surface area (Å²) in [5.41, 5.74) is 0. The predicted octanol–water partition coefficient (Wildman–Crippen LogP) is 2.50. The lowest BCUT2D eigenvalue weighted by atomic mass is 10.0. The van der Waals surface area contributed by atoms with E-state index in [2.05, 4.69) is 0 Å². The van der Waals surface area contributed by atoms with E-state index in [4.69, 9.17) is 24.7 Å². The summed E-state index contributed by atoms with van der Waals surface area (Å²) >= 11 is 0. The van der Waals surface area contributed by atoms with E-state index >= 15 is 0 Å². The molecule has 0 radical (unpaired) electrons. The molecule has 0 saturated carbocycles. The SMILES string of the molecule is CCC(C)C(OC#N)C(=O)OCCCCC(C)OC#N. The van der Waals surface area contributed by atoms with Gasteiger partial charge in [-0.15, -0.1) is 0 Å². The molecule has 3 unspecified atom stereocenters. The summed E-state index contributed by atoms with van der Waals surface area (Å²) in [5, 5.41) is 16.8. The third-order valence-electron chi connectivity index (χ3n) is 3.08. The van der Waals surface area contributed by atoms with Gasteiger partial charge < -0.3 is 14.2 Å². The highest BCUT2D eigenvalue weighted by Crippen LogP contribution is 2.13. The number of ether oxygens (including phenoxy) is 3. The van der Waals surface area contributed by atoms with Crippen molar-refractivity contribution >= 4 is 5.97 Å². The highest BCUT2D eigenvalue weighted by molar-refractivity contribution is 5.75. The van der Waals surface area contributed by atoms with E-state index in [1.165, 1.54) is 0 Å². The average molecular weight is 282 g/mol. The van der Waals surface area contributed by atoms with Crippen LogP contribution in [0.5, 0.6) is 0 Å². The molecular formula is C14H22N2O4. The number of hydrogen-bond donors (Lipinski definition) is 0. The van der Waals surface area contributed by atoms with E-state index in [0.717, 1.165) is 19.3 Å². The molecule has 6 nitrogen and oxygen atoms in total. The molecule has 0 N–H and O–H groups in total. The molecular weight excluding hydrogens is 260 g/mol. The van der Waals surface area contributed by atoms with Crippen LogP contribution >= 0.6 is 0 Å². The van der Waals surface area contributed by atoms with E-state index in [-0.39, 0.29) is 18.6 Å². The maximum absolute atomic E-state index is 11.8. The topological polar surface area (TPSA) is 92.3 Å². The van der Waals surface area contributed by atoms with Crippen LogP contribution in [0.25, 0.3) is 0 Å². The van der Waals surface area contributed by atoms with Crippen molar-refractivity contribution in [2.45, 2.75) is 58.7 Å². The van der Waals surface area contributed by atoms with Crippen LogP contribution in [0.15, 0.2) is 0 Å². The zero-order valence-corrected chi connectivity index (χ0v) is 12.3. The molecule has 3 atom stereocenters. The quantitative estimate of drug-likeness (QED) is 0.347. The number of unbranched alkanes of at least 4 members (excludes halogenated alkanes) is 1. The fourth-order valence-corrected chi connectivity index (χ4v) is 1.61. The Morgan fingerprint density at radius 2 is 1.80 bits per heavy atom. The zero-order valence-electron chi connectivity index (χ0n) is 12.3. The minimum Gasteiger partial charge on any atom is -0.463 e. The number of rotatable bonds is 10. The van der Waals surface area contributed by atoms with Gasteiger partial charge in [-0.25, -0.2) is 4.79 Å². The second kappa shape index (κ2) is 10.9. The molecule has 0 aromatic heterocycles. The van der Waals surface area contributed by atoms with E-state index in [9.17, 15) is 4.79 Å². The Morgan fingerprint density at radius 3 is 2.35 bits per heavy atom. The normalized spacial score (nSPS) is 14.2. The summed E-state index contributed by atoms with van der Waals surface area (Å²) in [6, 6.07) is 0. The Bertz CT molecular complexity index is 359. The highest BCUT2D eigenvalue weighted by atomic mass is 16.6. The van der Waals surface area contributed by atoms with E-state index in [1.54, 1.807) is 12.5 Å². The number of hydrogen-bond acceptors (Lipinski definition) is 6. The van der Waals surface area contributed by atoms with Crippen LogP contribution in [0, 0.1) is 29.0 Å². The zero-order chi connectivity index (χ0) is 15.4. The second-order valence-electron chi connectivity index (χ2n) is 4.70. The van der Waals surface area contributed by atoms with Gasteiger partial charge in [0.05, 0.1) is 6.61 Å². The minimum atomic E-state index is -0.828. The van der Waals surface area contributed by atoms with Gasteiger partial charge in [0.1, 0.15) is 6.10 Å². The van der Waals surface area contributed by atoms with Crippen LogP contribution in [-0.2, 0) is 19.0 Å². The van der Waals surface area contributed by atoms with Crippen molar-refractivity contribution in [2.75, 3.05) is 6.61 Å². The van der Waals surface area contributed by atoms with Crippen molar-refractivity contribution in [3.63, 3.8) is 0 Å². The van der Waals surface area contributed by atoms with E-state index in [0.29, 0.717) is 6.42 Å². The van der Waals surface area contributed by atoms with E-state index < -0.39 is 12.1 Å². The van der Waals surface area contributed by atoms with Crippen LogP contribution < -0.4 is 0 Å². The molecule has 0 amide bonds. The van der Waals surface area contributed by atoms with Crippen molar-refractivity contribution in [3.8, 4) is 12.5 Å². The molecule has 0 aliphatic heterocycles. The Hall–Kier alpha value is -1.95. The molecule has 0 heterocycles. The fourth-order valence-electron chi connectivity index (χ4n) is 1.61. The standard InChI is InChI=1S/C14H22N2O4/c1-4-11(2)13(20-10-16)14(17)18-8-6-5-7-12(3)19-9-15/h11-13H,4-8H2,1-3H3. The van der Waals surface area contributed by atoms with Crippen LogP contribution in [0.1, 0.15) is 46.5 Å². The number of carbonyl (C=O) groups excluding carboxylic acids is 1. The summed E-state index contributed by atoms with van der Waals surface area (Å²) in [6.07, 6.45) is 5.18. The first-order valence-electron chi connectivity index (χ1n) is 6.82.